The number of esters is 1. The van der Waals surface area contributed by atoms with Gasteiger partial charge in [0.25, 0.3) is 5.91 Å². The van der Waals surface area contributed by atoms with Gasteiger partial charge in [0.1, 0.15) is 23.2 Å². The number of pyridine rings is 1. The molecule has 298 valence electrons. The molecule has 2 aliphatic rings. The van der Waals surface area contributed by atoms with Crippen molar-refractivity contribution in [3.05, 3.63) is 101 Å². The molecule has 1 amide bonds. The summed E-state index contributed by atoms with van der Waals surface area (Å²) in [6.45, 7) is 12.6. The van der Waals surface area contributed by atoms with Gasteiger partial charge in [0, 0.05) is 24.2 Å². The molecular weight excluding hydrogens is 739 g/mol. The Labute approximate surface area is 338 Å². The first-order valence-corrected chi connectivity index (χ1v) is 20.6. The molecule has 7 rings (SSSR count). The number of hydrogen-bond donors (Lipinski definition) is 2. The summed E-state index contributed by atoms with van der Waals surface area (Å²) in [5, 5.41) is 12.9. The van der Waals surface area contributed by atoms with E-state index in [-0.39, 0.29) is 11.6 Å². The van der Waals surface area contributed by atoms with E-state index in [0.29, 0.717) is 54.1 Å². The van der Waals surface area contributed by atoms with Crippen molar-refractivity contribution in [2.75, 3.05) is 36.5 Å². The second-order valence-corrected chi connectivity index (χ2v) is 17.1. The van der Waals surface area contributed by atoms with Gasteiger partial charge in [0.15, 0.2) is 10.8 Å². The molecule has 1 unspecified atom stereocenters. The van der Waals surface area contributed by atoms with E-state index in [2.05, 4.69) is 21.3 Å². The van der Waals surface area contributed by atoms with E-state index in [1.54, 1.807) is 6.92 Å². The Morgan fingerprint density at radius 2 is 1.72 bits per heavy atom. The number of nitrogens with one attached hydrogen (secondary N) is 1. The first-order chi connectivity index (χ1) is 27.3. The number of anilines is 2. The van der Waals surface area contributed by atoms with Crippen molar-refractivity contribution in [3.63, 3.8) is 0 Å². The number of carbonyl (C=O) groups is 3. The van der Waals surface area contributed by atoms with Crippen molar-refractivity contribution < 1.29 is 29.0 Å². The van der Waals surface area contributed by atoms with E-state index in [1.807, 2.05) is 99.3 Å². The molecule has 0 saturated carbocycles. The van der Waals surface area contributed by atoms with Crippen LogP contribution in [0.2, 0.25) is 0 Å². The summed E-state index contributed by atoms with van der Waals surface area (Å²) in [6, 6.07) is 22.9. The normalized spacial score (nSPS) is 15.6. The van der Waals surface area contributed by atoms with Crippen LogP contribution in [0.5, 0.6) is 5.75 Å². The molecule has 0 radical (unpaired) electrons. The van der Waals surface area contributed by atoms with Gasteiger partial charge in [-0.25, -0.2) is 14.8 Å². The first kappa shape index (κ1) is 39.9. The molecule has 57 heavy (non-hydrogen) atoms. The van der Waals surface area contributed by atoms with Crippen LogP contribution in [0, 0.1) is 12.8 Å². The predicted octanol–water partition coefficient (Wildman–Crippen LogP) is 8.78. The van der Waals surface area contributed by atoms with Crippen molar-refractivity contribution in [2.24, 2.45) is 5.92 Å². The number of carboxylic acids is 1. The minimum absolute atomic E-state index is 0.212. The number of carbonyl (C=O) groups excluding carboxylic acids is 2. The molecule has 3 aromatic carbocycles. The van der Waals surface area contributed by atoms with E-state index in [9.17, 15) is 19.5 Å². The monoisotopic (exact) mass is 789 g/mol. The number of amides is 1. The molecule has 2 aromatic heterocycles. The summed E-state index contributed by atoms with van der Waals surface area (Å²) in [4.78, 5) is 52.7. The molecule has 0 spiro atoms. The Bertz CT molecular complexity index is 2240. The molecule has 5 aromatic rings. The minimum atomic E-state index is -0.767. The van der Waals surface area contributed by atoms with Crippen LogP contribution in [-0.4, -0.2) is 75.7 Å². The number of nitrogens with zero attached hydrogens (tertiary/aromatic N) is 4. The lowest BCUT2D eigenvalue weighted by Gasteiger charge is -2.34. The number of rotatable bonds is 12. The number of aliphatic carboxylic acids is 1. The van der Waals surface area contributed by atoms with Crippen molar-refractivity contribution >= 4 is 50.3 Å². The van der Waals surface area contributed by atoms with Crippen LogP contribution in [0.25, 0.3) is 21.3 Å². The molecule has 4 heterocycles. The molecule has 12 heteroatoms. The third-order valence-electron chi connectivity index (χ3n) is 11.0. The van der Waals surface area contributed by atoms with Crippen LogP contribution in [0.15, 0.2) is 72.8 Å². The van der Waals surface area contributed by atoms with Gasteiger partial charge in [-0.15, -0.1) is 0 Å². The average Bonchev–Trinajstić information content (AvgIpc) is 3.61. The fraction of sp³-hybridized carbons (Fsp3) is 0.400. The van der Waals surface area contributed by atoms with Crippen LogP contribution in [0.4, 0.5) is 10.9 Å². The van der Waals surface area contributed by atoms with Gasteiger partial charge in [-0.2, -0.15) is 0 Å². The fourth-order valence-corrected chi connectivity index (χ4v) is 8.67. The zero-order valence-corrected chi connectivity index (χ0v) is 34.2. The number of hydrogen-bond acceptors (Lipinski definition) is 10. The summed E-state index contributed by atoms with van der Waals surface area (Å²) in [5.41, 5.74) is 5.36. The second-order valence-electron chi connectivity index (χ2n) is 16.0. The maximum absolute atomic E-state index is 13.9. The minimum Gasteiger partial charge on any atom is -0.493 e. The van der Waals surface area contributed by atoms with Gasteiger partial charge in [0.05, 0.1) is 16.8 Å². The van der Waals surface area contributed by atoms with Gasteiger partial charge in [-0.1, -0.05) is 47.7 Å². The predicted molar refractivity (Wildman–Crippen MR) is 224 cm³/mol. The lowest BCUT2D eigenvalue weighted by atomic mass is 9.91. The topological polar surface area (TPSA) is 134 Å². The van der Waals surface area contributed by atoms with E-state index >= 15 is 0 Å². The SMILES string of the molecule is Cc1c(OCCCC2CCN(C(C)C(=O)O)CC2)cccc1-c1ccc(N2CCc3cccc(C(=O)Nc4nc5ccccc5s4)c3C2)nc1C(=O)OC(C)(C)C. The standard InChI is InChI=1S/C45H51N5O6S/c1-28-32(13-9-16-37(28)55-26-10-11-30-20-23-49(24-21-30)29(2)42(52)53)33-18-19-39(47-40(33)43(54)56-45(3,4)5)50-25-22-31-12-8-14-34(35(31)27-50)41(51)48-44-46-36-15-6-7-17-38(36)57-44/h6-9,12-19,29-30H,10-11,20-27H2,1-5H3,(H,52,53)(H,46,48,51). The highest BCUT2D eigenvalue weighted by molar-refractivity contribution is 7.22. The Kier molecular flexibility index (Phi) is 11.9. The largest absolute Gasteiger partial charge is 0.493 e. The highest BCUT2D eigenvalue weighted by Crippen LogP contribution is 2.36. The summed E-state index contributed by atoms with van der Waals surface area (Å²) in [6.07, 6.45) is 4.62. The second kappa shape index (κ2) is 17.0. The molecule has 2 aliphatic heterocycles. The van der Waals surface area contributed by atoms with Crippen LogP contribution in [-0.2, 0) is 22.5 Å². The number of benzene rings is 3. The summed E-state index contributed by atoms with van der Waals surface area (Å²) >= 11 is 1.45. The van der Waals surface area contributed by atoms with E-state index in [0.717, 1.165) is 77.0 Å². The average molecular weight is 790 g/mol. The Morgan fingerprint density at radius 1 is 0.947 bits per heavy atom. The summed E-state index contributed by atoms with van der Waals surface area (Å²) in [7, 11) is 0. The van der Waals surface area contributed by atoms with Crippen LogP contribution < -0.4 is 15.0 Å². The molecule has 2 N–H and O–H groups in total. The zero-order chi connectivity index (χ0) is 40.3. The van der Waals surface area contributed by atoms with Gasteiger partial charge in [-0.05, 0) is 144 Å². The van der Waals surface area contributed by atoms with Crippen LogP contribution >= 0.6 is 11.3 Å². The molecule has 0 bridgehead atoms. The maximum Gasteiger partial charge on any atom is 0.358 e. The fourth-order valence-electron chi connectivity index (χ4n) is 7.81. The summed E-state index contributed by atoms with van der Waals surface area (Å²) in [5.74, 6) is 0.441. The highest BCUT2D eigenvalue weighted by atomic mass is 32.1. The van der Waals surface area contributed by atoms with E-state index in [1.165, 1.54) is 11.3 Å². The molecule has 1 saturated heterocycles. The number of carboxylic acid groups (broad SMARTS) is 1. The molecule has 1 fully saturated rings. The number of likely N-dealkylation sites (tertiary alicyclic amines) is 1. The Balaban J connectivity index is 1.08. The number of para-hydroxylation sites is 1. The Morgan fingerprint density at radius 3 is 2.47 bits per heavy atom. The maximum atomic E-state index is 13.9. The smallest absolute Gasteiger partial charge is 0.358 e. The number of piperidine rings is 1. The number of aromatic nitrogens is 2. The van der Waals surface area contributed by atoms with Crippen molar-refractivity contribution in [1.82, 2.24) is 14.9 Å². The zero-order valence-electron chi connectivity index (χ0n) is 33.3. The number of ether oxygens (including phenoxy) is 2. The van der Waals surface area contributed by atoms with Gasteiger partial charge >= 0.3 is 11.9 Å². The molecule has 11 nitrogen and oxygen atoms in total. The van der Waals surface area contributed by atoms with Crippen LogP contribution in [0.1, 0.15) is 90.9 Å². The van der Waals surface area contributed by atoms with Crippen molar-refractivity contribution in [2.45, 2.75) is 84.9 Å². The van der Waals surface area contributed by atoms with Crippen molar-refractivity contribution in [1.29, 1.82) is 0 Å². The summed E-state index contributed by atoms with van der Waals surface area (Å²) < 4.78 is 13.2. The lowest BCUT2D eigenvalue weighted by molar-refractivity contribution is -0.143. The highest BCUT2D eigenvalue weighted by Gasteiger charge is 2.29. The molecule has 1 atom stereocenters. The Hall–Kier alpha value is -5.33. The van der Waals surface area contributed by atoms with E-state index < -0.39 is 23.6 Å². The van der Waals surface area contributed by atoms with Crippen LogP contribution in [0.3, 0.4) is 0 Å². The molecular formula is C45H51N5O6S. The van der Waals surface area contributed by atoms with Gasteiger partial charge in [-0.3, -0.25) is 19.8 Å². The van der Waals surface area contributed by atoms with Crippen molar-refractivity contribution in [3.8, 4) is 16.9 Å². The molecule has 0 aliphatic carbocycles. The number of fused-ring (bicyclic) bond motifs is 2. The quantitative estimate of drug-likeness (QED) is 0.0934. The first-order valence-electron chi connectivity index (χ1n) is 19.8. The lowest BCUT2D eigenvalue weighted by Crippen LogP contribution is -2.43. The third kappa shape index (κ3) is 9.29. The van der Waals surface area contributed by atoms with Gasteiger partial charge in [0.2, 0.25) is 0 Å². The number of thiazole rings is 1. The van der Waals surface area contributed by atoms with E-state index in [4.69, 9.17) is 14.5 Å². The third-order valence-corrected chi connectivity index (χ3v) is 11.9. The van der Waals surface area contributed by atoms with Gasteiger partial charge < -0.3 is 19.5 Å².